The van der Waals surface area contributed by atoms with Crippen LogP contribution in [0, 0.1) is 0 Å². The van der Waals surface area contributed by atoms with Crippen LogP contribution in [-0.4, -0.2) is 35.1 Å². The van der Waals surface area contributed by atoms with Gasteiger partial charge >= 0.3 is 5.97 Å². The fourth-order valence-corrected chi connectivity index (χ4v) is 2.68. The minimum Gasteiger partial charge on any atom is -0.481 e. The summed E-state index contributed by atoms with van der Waals surface area (Å²) in [6.07, 6.45) is 0.987. The normalized spacial score (nSPS) is 13.4. The molecule has 0 bridgehead atoms. The van der Waals surface area contributed by atoms with Gasteiger partial charge < -0.3 is 10.0 Å². The van der Waals surface area contributed by atoms with Crippen LogP contribution in [0.5, 0.6) is 0 Å². The highest BCUT2D eigenvalue weighted by Crippen LogP contribution is 2.23. The zero-order chi connectivity index (χ0) is 16.0. The minimum absolute atomic E-state index is 0.0676. The molecule has 118 valence electrons. The predicted octanol–water partition coefficient (Wildman–Crippen LogP) is 3.71. The van der Waals surface area contributed by atoms with Gasteiger partial charge in [0.05, 0.1) is 6.42 Å². The van der Waals surface area contributed by atoms with Crippen LogP contribution in [0.15, 0.2) is 24.3 Å². The molecular formula is C18H29NO2. The Labute approximate surface area is 129 Å². The first kappa shape index (κ1) is 17.7. The summed E-state index contributed by atoms with van der Waals surface area (Å²) in [5, 5.41) is 9.13. The highest BCUT2D eigenvalue weighted by molar-refractivity contribution is 5.67. The van der Waals surface area contributed by atoms with Crippen molar-refractivity contribution in [1.29, 1.82) is 0 Å². The van der Waals surface area contributed by atoms with Gasteiger partial charge in [-0.05, 0) is 36.1 Å². The van der Waals surface area contributed by atoms with Crippen LogP contribution in [0.25, 0.3) is 0 Å². The molecule has 1 aromatic carbocycles. The second kappa shape index (κ2) is 7.60. The third-order valence-electron chi connectivity index (χ3n) is 4.03. The smallest absolute Gasteiger partial charge is 0.304 e. The third kappa shape index (κ3) is 5.50. The van der Waals surface area contributed by atoms with Crippen LogP contribution in [0.3, 0.4) is 0 Å². The second-order valence-corrected chi connectivity index (χ2v) is 6.62. The van der Waals surface area contributed by atoms with Crippen LogP contribution in [0.1, 0.15) is 52.2 Å². The van der Waals surface area contributed by atoms with Gasteiger partial charge in [-0.15, -0.1) is 0 Å². The molecule has 0 aliphatic carbocycles. The van der Waals surface area contributed by atoms with E-state index in [1.165, 1.54) is 11.1 Å². The fraction of sp³-hybridized carbons (Fsp3) is 0.611. The fourth-order valence-electron chi connectivity index (χ4n) is 2.68. The standard InChI is InChI=1S/C18H29NO2/c1-6-19(7-2)16(13-17(20)21)12-14-8-10-15(11-9-14)18(3,4)5/h8-11,16H,6-7,12-13H2,1-5H3,(H,20,21). The number of hydrogen-bond acceptors (Lipinski definition) is 2. The Morgan fingerprint density at radius 1 is 1.14 bits per heavy atom. The molecule has 1 aromatic rings. The van der Waals surface area contributed by atoms with E-state index in [4.69, 9.17) is 5.11 Å². The number of rotatable bonds is 7. The van der Waals surface area contributed by atoms with Gasteiger partial charge in [0, 0.05) is 6.04 Å². The number of carboxylic acid groups (broad SMARTS) is 1. The van der Waals surface area contributed by atoms with E-state index in [0.29, 0.717) is 0 Å². The van der Waals surface area contributed by atoms with Crippen LogP contribution in [0.4, 0.5) is 0 Å². The number of benzene rings is 1. The first-order valence-corrected chi connectivity index (χ1v) is 7.83. The summed E-state index contributed by atoms with van der Waals surface area (Å²) < 4.78 is 0. The number of nitrogens with zero attached hydrogens (tertiary/aromatic N) is 1. The molecule has 0 aromatic heterocycles. The number of aliphatic carboxylic acids is 1. The van der Waals surface area contributed by atoms with E-state index in [-0.39, 0.29) is 17.9 Å². The highest BCUT2D eigenvalue weighted by atomic mass is 16.4. The van der Waals surface area contributed by atoms with Gasteiger partial charge in [-0.1, -0.05) is 58.9 Å². The number of carboxylic acids is 1. The maximum absolute atomic E-state index is 11.1. The SMILES string of the molecule is CCN(CC)C(CC(=O)O)Cc1ccc(C(C)(C)C)cc1. The molecule has 21 heavy (non-hydrogen) atoms. The number of likely N-dealkylation sites (N-methyl/N-ethyl adjacent to an activating group) is 1. The summed E-state index contributed by atoms with van der Waals surface area (Å²) in [6, 6.07) is 8.67. The van der Waals surface area contributed by atoms with Gasteiger partial charge in [-0.3, -0.25) is 4.79 Å². The summed E-state index contributed by atoms with van der Waals surface area (Å²) in [6.45, 7) is 12.5. The average Bonchev–Trinajstić information content (AvgIpc) is 2.39. The summed E-state index contributed by atoms with van der Waals surface area (Å²) in [5.41, 5.74) is 2.67. The van der Waals surface area contributed by atoms with Crippen molar-refractivity contribution in [1.82, 2.24) is 4.90 Å². The Balaban J connectivity index is 2.85. The molecule has 0 saturated carbocycles. The highest BCUT2D eigenvalue weighted by Gasteiger charge is 2.20. The lowest BCUT2D eigenvalue weighted by molar-refractivity contribution is -0.138. The van der Waals surface area contributed by atoms with E-state index in [0.717, 1.165) is 19.5 Å². The van der Waals surface area contributed by atoms with Crippen molar-refractivity contribution in [2.24, 2.45) is 0 Å². The average molecular weight is 291 g/mol. The van der Waals surface area contributed by atoms with E-state index in [1.54, 1.807) is 0 Å². The molecule has 0 heterocycles. The minimum atomic E-state index is -0.724. The van der Waals surface area contributed by atoms with E-state index < -0.39 is 5.97 Å². The Hall–Kier alpha value is -1.35. The topological polar surface area (TPSA) is 40.5 Å². The van der Waals surface area contributed by atoms with E-state index in [2.05, 4.69) is 63.8 Å². The lowest BCUT2D eigenvalue weighted by Gasteiger charge is -2.29. The molecule has 0 aliphatic rings. The lowest BCUT2D eigenvalue weighted by atomic mass is 9.86. The number of hydrogen-bond donors (Lipinski definition) is 1. The van der Waals surface area contributed by atoms with Gasteiger partial charge in [0.25, 0.3) is 0 Å². The van der Waals surface area contributed by atoms with Gasteiger partial charge in [0.2, 0.25) is 0 Å². The van der Waals surface area contributed by atoms with Crippen molar-refractivity contribution < 1.29 is 9.90 Å². The van der Waals surface area contributed by atoms with E-state index in [1.807, 2.05) is 0 Å². The van der Waals surface area contributed by atoms with Crippen LogP contribution < -0.4 is 0 Å². The molecule has 3 heteroatoms. The molecule has 0 fully saturated rings. The molecular weight excluding hydrogens is 262 g/mol. The van der Waals surface area contributed by atoms with E-state index in [9.17, 15) is 4.79 Å². The van der Waals surface area contributed by atoms with Crippen molar-refractivity contribution >= 4 is 5.97 Å². The molecule has 0 spiro atoms. The first-order valence-electron chi connectivity index (χ1n) is 7.83. The molecule has 0 amide bonds. The summed E-state index contributed by atoms with van der Waals surface area (Å²) in [7, 11) is 0. The van der Waals surface area contributed by atoms with Crippen molar-refractivity contribution in [2.75, 3.05) is 13.1 Å². The summed E-state index contributed by atoms with van der Waals surface area (Å²) >= 11 is 0. The summed E-state index contributed by atoms with van der Waals surface area (Å²) in [4.78, 5) is 13.3. The Kier molecular flexibility index (Phi) is 6.41. The Bertz CT molecular complexity index is 441. The van der Waals surface area contributed by atoms with Crippen molar-refractivity contribution in [3.05, 3.63) is 35.4 Å². The van der Waals surface area contributed by atoms with Gasteiger partial charge in [-0.2, -0.15) is 0 Å². The van der Waals surface area contributed by atoms with Crippen LogP contribution >= 0.6 is 0 Å². The molecule has 0 saturated heterocycles. The molecule has 1 unspecified atom stereocenters. The van der Waals surface area contributed by atoms with Gasteiger partial charge in [-0.25, -0.2) is 0 Å². The maximum Gasteiger partial charge on any atom is 0.304 e. The van der Waals surface area contributed by atoms with Gasteiger partial charge in [0.1, 0.15) is 0 Å². The monoisotopic (exact) mass is 291 g/mol. The van der Waals surface area contributed by atoms with Crippen molar-refractivity contribution in [3.63, 3.8) is 0 Å². The lowest BCUT2D eigenvalue weighted by Crippen LogP contribution is -2.38. The van der Waals surface area contributed by atoms with Crippen molar-refractivity contribution in [3.8, 4) is 0 Å². The molecule has 1 rings (SSSR count). The molecule has 1 atom stereocenters. The Morgan fingerprint density at radius 3 is 2.05 bits per heavy atom. The van der Waals surface area contributed by atoms with Crippen LogP contribution in [0.2, 0.25) is 0 Å². The van der Waals surface area contributed by atoms with Crippen LogP contribution in [-0.2, 0) is 16.6 Å². The molecule has 0 aliphatic heterocycles. The predicted molar refractivity (Wildman–Crippen MR) is 87.8 cm³/mol. The Morgan fingerprint density at radius 2 is 1.67 bits per heavy atom. The second-order valence-electron chi connectivity index (χ2n) is 6.62. The first-order chi connectivity index (χ1) is 9.77. The zero-order valence-corrected chi connectivity index (χ0v) is 14.0. The quantitative estimate of drug-likeness (QED) is 0.832. The molecule has 1 N–H and O–H groups in total. The maximum atomic E-state index is 11.1. The third-order valence-corrected chi connectivity index (χ3v) is 4.03. The van der Waals surface area contributed by atoms with E-state index >= 15 is 0 Å². The summed E-state index contributed by atoms with van der Waals surface area (Å²) in [5.74, 6) is -0.724. The zero-order valence-electron chi connectivity index (χ0n) is 14.0. The molecule has 0 radical (unpaired) electrons. The number of carbonyl (C=O) groups is 1. The molecule has 3 nitrogen and oxygen atoms in total. The largest absolute Gasteiger partial charge is 0.481 e. The van der Waals surface area contributed by atoms with Crippen molar-refractivity contribution in [2.45, 2.75) is 58.9 Å². The van der Waals surface area contributed by atoms with Gasteiger partial charge in [0.15, 0.2) is 0 Å².